The van der Waals surface area contributed by atoms with Crippen LogP contribution in [0, 0.1) is 0 Å². The lowest BCUT2D eigenvalue weighted by atomic mass is 10.2. The molecule has 0 spiro atoms. The van der Waals surface area contributed by atoms with Gasteiger partial charge in [0.2, 0.25) is 5.91 Å². The third-order valence-electron chi connectivity index (χ3n) is 2.44. The van der Waals surface area contributed by atoms with Gasteiger partial charge in [-0.25, -0.2) is 0 Å². The molecular weight excluding hydrogens is 238 g/mol. The van der Waals surface area contributed by atoms with Gasteiger partial charge in [-0.15, -0.1) is 0 Å². The van der Waals surface area contributed by atoms with Crippen LogP contribution in [0.15, 0.2) is 18.2 Å². The lowest BCUT2D eigenvalue weighted by Gasteiger charge is -2.10. The highest BCUT2D eigenvalue weighted by Gasteiger charge is 2.07. The standard InChI is InChI=1S/C13H18ClNO2/c1-3-4-5-6-13(16)15-11-9-10(14)7-8-12(11)17-2/h7-9H,3-6H2,1-2H3,(H,15,16). The van der Waals surface area contributed by atoms with Crippen molar-refractivity contribution in [1.82, 2.24) is 0 Å². The fourth-order valence-electron chi connectivity index (χ4n) is 1.53. The maximum absolute atomic E-state index is 11.7. The highest BCUT2D eigenvalue weighted by atomic mass is 35.5. The highest BCUT2D eigenvalue weighted by Crippen LogP contribution is 2.27. The molecule has 0 aliphatic rings. The number of anilines is 1. The van der Waals surface area contributed by atoms with Gasteiger partial charge < -0.3 is 10.1 Å². The number of nitrogens with one attached hydrogen (secondary N) is 1. The molecule has 1 N–H and O–H groups in total. The minimum Gasteiger partial charge on any atom is -0.495 e. The van der Waals surface area contributed by atoms with Crippen molar-refractivity contribution in [1.29, 1.82) is 0 Å². The zero-order valence-corrected chi connectivity index (χ0v) is 11.0. The highest BCUT2D eigenvalue weighted by molar-refractivity contribution is 6.31. The van der Waals surface area contributed by atoms with Crippen LogP contribution in [0.2, 0.25) is 5.02 Å². The second-order valence-corrected chi connectivity index (χ2v) is 4.29. The van der Waals surface area contributed by atoms with E-state index in [4.69, 9.17) is 16.3 Å². The van der Waals surface area contributed by atoms with Gasteiger partial charge in [0, 0.05) is 11.4 Å². The summed E-state index contributed by atoms with van der Waals surface area (Å²) in [5.74, 6) is 0.622. The predicted molar refractivity (Wildman–Crippen MR) is 70.8 cm³/mol. The van der Waals surface area contributed by atoms with Crippen LogP contribution >= 0.6 is 11.6 Å². The van der Waals surface area contributed by atoms with Crippen molar-refractivity contribution in [3.05, 3.63) is 23.2 Å². The molecule has 0 atom stereocenters. The molecule has 0 aromatic heterocycles. The van der Waals surface area contributed by atoms with Crippen molar-refractivity contribution in [3.8, 4) is 5.75 Å². The molecule has 0 fully saturated rings. The molecule has 0 aliphatic carbocycles. The van der Waals surface area contributed by atoms with Crippen molar-refractivity contribution in [2.24, 2.45) is 0 Å². The summed E-state index contributed by atoms with van der Waals surface area (Å²) < 4.78 is 5.15. The van der Waals surface area contributed by atoms with Crippen LogP contribution in [-0.4, -0.2) is 13.0 Å². The van der Waals surface area contributed by atoms with Gasteiger partial charge in [0.25, 0.3) is 0 Å². The van der Waals surface area contributed by atoms with E-state index in [-0.39, 0.29) is 5.91 Å². The first kappa shape index (κ1) is 13.8. The maximum Gasteiger partial charge on any atom is 0.224 e. The van der Waals surface area contributed by atoms with Crippen molar-refractivity contribution < 1.29 is 9.53 Å². The lowest BCUT2D eigenvalue weighted by Crippen LogP contribution is -2.11. The van der Waals surface area contributed by atoms with E-state index in [9.17, 15) is 4.79 Å². The van der Waals surface area contributed by atoms with Crippen LogP contribution in [-0.2, 0) is 4.79 Å². The number of benzene rings is 1. The van der Waals surface area contributed by atoms with E-state index in [1.807, 2.05) is 0 Å². The van der Waals surface area contributed by atoms with Gasteiger partial charge >= 0.3 is 0 Å². The Morgan fingerprint density at radius 1 is 1.41 bits per heavy atom. The van der Waals surface area contributed by atoms with Gasteiger partial charge in [0.15, 0.2) is 0 Å². The normalized spacial score (nSPS) is 10.1. The molecule has 0 aliphatic heterocycles. The van der Waals surface area contributed by atoms with Crippen LogP contribution in [0.1, 0.15) is 32.6 Å². The Labute approximate surface area is 107 Å². The van der Waals surface area contributed by atoms with E-state index in [0.717, 1.165) is 19.3 Å². The van der Waals surface area contributed by atoms with Gasteiger partial charge in [-0.2, -0.15) is 0 Å². The smallest absolute Gasteiger partial charge is 0.224 e. The number of hydrogen-bond acceptors (Lipinski definition) is 2. The summed E-state index contributed by atoms with van der Waals surface area (Å²) in [5, 5.41) is 3.39. The molecule has 94 valence electrons. The van der Waals surface area contributed by atoms with Crippen LogP contribution in [0.25, 0.3) is 0 Å². The summed E-state index contributed by atoms with van der Waals surface area (Å²) in [4.78, 5) is 11.7. The second-order valence-electron chi connectivity index (χ2n) is 3.85. The van der Waals surface area contributed by atoms with Crippen LogP contribution in [0.5, 0.6) is 5.75 Å². The summed E-state index contributed by atoms with van der Waals surface area (Å²) in [5.41, 5.74) is 0.626. The van der Waals surface area contributed by atoms with E-state index in [0.29, 0.717) is 22.9 Å². The molecule has 17 heavy (non-hydrogen) atoms. The molecule has 0 saturated heterocycles. The van der Waals surface area contributed by atoms with Gasteiger partial charge in [0.1, 0.15) is 5.75 Å². The number of rotatable bonds is 6. The molecule has 3 nitrogen and oxygen atoms in total. The lowest BCUT2D eigenvalue weighted by molar-refractivity contribution is -0.116. The number of unbranched alkanes of at least 4 members (excludes halogenated alkanes) is 2. The van der Waals surface area contributed by atoms with E-state index in [1.54, 1.807) is 25.3 Å². The topological polar surface area (TPSA) is 38.3 Å². The van der Waals surface area contributed by atoms with Gasteiger partial charge in [-0.05, 0) is 24.6 Å². The van der Waals surface area contributed by atoms with Gasteiger partial charge in [0.05, 0.1) is 12.8 Å². The number of halogens is 1. The summed E-state index contributed by atoms with van der Waals surface area (Å²) >= 11 is 5.88. The minimum absolute atomic E-state index is 0.000910. The van der Waals surface area contributed by atoms with Crippen molar-refractivity contribution in [3.63, 3.8) is 0 Å². The third kappa shape index (κ3) is 4.65. The molecule has 4 heteroatoms. The second kappa shape index (κ2) is 7.17. The minimum atomic E-state index is -0.000910. The van der Waals surface area contributed by atoms with Crippen molar-refractivity contribution >= 4 is 23.2 Å². The SMILES string of the molecule is CCCCCC(=O)Nc1cc(Cl)ccc1OC. The molecule has 1 rings (SSSR count). The molecule has 1 aromatic carbocycles. The number of methoxy groups -OCH3 is 1. The molecule has 0 radical (unpaired) electrons. The molecule has 0 bridgehead atoms. The molecule has 0 saturated carbocycles. The van der Waals surface area contributed by atoms with E-state index in [2.05, 4.69) is 12.2 Å². The Morgan fingerprint density at radius 2 is 2.18 bits per heavy atom. The maximum atomic E-state index is 11.7. The Morgan fingerprint density at radius 3 is 2.82 bits per heavy atom. The van der Waals surface area contributed by atoms with Crippen molar-refractivity contribution in [2.75, 3.05) is 12.4 Å². The first-order chi connectivity index (χ1) is 8.17. The Balaban J connectivity index is 2.60. The number of carbonyl (C=O) groups is 1. The number of amides is 1. The van der Waals surface area contributed by atoms with E-state index in [1.165, 1.54) is 0 Å². The zero-order valence-electron chi connectivity index (χ0n) is 10.3. The van der Waals surface area contributed by atoms with Crippen LogP contribution in [0.3, 0.4) is 0 Å². The monoisotopic (exact) mass is 255 g/mol. The van der Waals surface area contributed by atoms with E-state index < -0.39 is 0 Å². The quantitative estimate of drug-likeness (QED) is 0.784. The molecule has 0 heterocycles. The van der Waals surface area contributed by atoms with Gasteiger partial charge in [-0.3, -0.25) is 4.79 Å². The Hall–Kier alpha value is -1.22. The molecule has 1 aromatic rings. The summed E-state index contributed by atoms with van der Waals surface area (Å²) in [6, 6.07) is 5.16. The third-order valence-corrected chi connectivity index (χ3v) is 2.68. The largest absolute Gasteiger partial charge is 0.495 e. The van der Waals surface area contributed by atoms with Crippen molar-refractivity contribution in [2.45, 2.75) is 32.6 Å². The number of hydrogen-bond donors (Lipinski definition) is 1. The zero-order chi connectivity index (χ0) is 12.7. The molecule has 0 unspecified atom stereocenters. The fraction of sp³-hybridized carbons (Fsp3) is 0.462. The average Bonchev–Trinajstić information content (AvgIpc) is 2.29. The summed E-state index contributed by atoms with van der Waals surface area (Å²) in [7, 11) is 1.57. The number of carbonyl (C=O) groups excluding carboxylic acids is 1. The van der Waals surface area contributed by atoms with Crippen LogP contribution < -0.4 is 10.1 Å². The Kier molecular flexibility index (Phi) is 5.84. The average molecular weight is 256 g/mol. The Bertz CT molecular complexity index is 380. The summed E-state index contributed by atoms with van der Waals surface area (Å²) in [6.45, 7) is 2.11. The molecular formula is C13H18ClNO2. The van der Waals surface area contributed by atoms with Gasteiger partial charge in [-0.1, -0.05) is 31.4 Å². The molecule has 1 amide bonds. The van der Waals surface area contributed by atoms with Crippen LogP contribution in [0.4, 0.5) is 5.69 Å². The predicted octanol–water partition coefficient (Wildman–Crippen LogP) is 3.87. The summed E-state index contributed by atoms with van der Waals surface area (Å²) in [6.07, 6.45) is 3.61. The first-order valence-corrected chi connectivity index (χ1v) is 6.18. The number of ether oxygens (including phenoxy) is 1. The fourth-order valence-corrected chi connectivity index (χ4v) is 1.70. The first-order valence-electron chi connectivity index (χ1n) is 5.80. The van der Waals surface area contributed by atoms with E-state index >= 15 is 0 Å².